The Balaban J connectivity index is 1.64. The summed E-state index contributed by atoms with van der Waals surface area (Å²) < 4.78 is 0. The van der Waals surface area contributed by atoms with Crippen LogP contribution in [0.2, 0.25) is 0 Å². The summed E-state index contributed by atoms with van der Waals surface area (Å²) in [7, 11) is 2.22. The van der Waals surface area contributed by atoms with Gasteiger partial charge in [0, 0.05) is 18.6 Å². The Bertz CT molecular complexity index is 195. The molecule has 0 radical (unpaired) electrons. The maximum absolute atomic E-state index is 5.98. The molecule has 3 nitrogen and oxygen atoms in total. The molecular weight excluding hydrogens is 186 g/mol. The van der Waals surface area contributed by atoms with Crippen LogP contribution in [-0.2, 0) is 0 Å². The highest BCUT2D eigenvalue weighted by Gasteiger charge is 2.22. The molecule has 1 aliphatic heterocycles. The number of rotatable bonds is 3. The normalized spacial score (nSPS) is 38.4. The van der Waals surface area contributed by atoms with E-state index in [0.29, 0.717) is 12.1 Å². The minimum Gasteiger partial charge on any atom is -0.328 e. The molecule has 3 unspecified atom stereocenters. The van der Waals surface area contributed by atoms with Gasteiger partial charge in [-0.15, -0.1) is 0 Å². The highest BCUT2D eigenvalue weighted by molar-refractivity contribution is 4.82. The second-order valence-corrected chi connectivity index (χ2v) is 5.45. The lowest BCUT2D eigenvalue weighted by Crippen LogP contribution is -2.41. The number of nitrogens with one attached hydrogen (secondary N) is 1. The van der Waals surface area contributed by atoms with Gasteiger partial charge in [0.25, 0.3) is 0 Å². The highest BCUT2D eigenvalue weighted by atomic mass is 15.1. The Morgan fingerprint density at radius 1 is 1.33 bits per heavy atom. The predicted octanol–water partition coefficient (Wildman–Crippen LogP) is 0.798. The summed E-state index contributed by atoms with van der Waals surface area (Å²) in [4.78, 5) is 2.43. The lowest BCUT2D eigenvalue weighted by Gasteiger charge is -2.28. The second kappa shape index (κ2) is 5.28. The van der Waals surface area contributed by atoms with Crippen molar-refractivity contribution >= 4 is 0 Å². The number of likely N-dealkylation sites (tertiary alicyclic amines) is 1. The lowest BCUT2D eigenvalue weighted by atomic mass is 9.91. The summed E-state index contributed by atoms with van der Waals surface area (Å²) in [5, 5.41) is 3.71. The van der Waals surface area contributed by atoms with Gasteiger partial charge >= 0.3 is 0 Å². The van der Waals surface area contributed by atoms with Gasteiger partial charge in [-0.05, 0) is 51.7 Å². The average Bonchev–Trinajstić information content (AvgIpc) is 2.62. The first kappa shape index (κ1) is 11.4. The molecule has 1 heterocycles. The third kappa shape index (κ3) is 3.44. The summed E-state index contributed by atoms with van der Waals surface area (Å²) in [6.45, 7) is 3.74. The maximum Gasteiger partial charge on any atom is 0.00819 e. The minimum absolute atomic E-state index is 0.447. The van der Waals surface area contributed by atoms with Crippen LogP contribution < -0.4 is 11.1 Å². The summed E-state index contributed by atoms with van der Waals surface area (Å²) in [5.41, 5.74) is 5.98. The molecule has 0 spiro atoms. The topological polar surface area (TPSA) is 41.3 Å². The van der Waals surface area contributed by atoms with Crippen LogP contribution in [0.3, 0.4) is 0 Å². The molecule has 2 rings (SSSR count). The summed E-state index contributed by atoms with van der Waals surface area (Å²) in [6.07, 6.45) is 6.41. The molecule has 15 heavy (non-hydrogen) atoms. The van der Waals surface area contributed by atoms with Crippen LogP contribution >= 0.6 is 0 Å². The maximum atomic E-state index is 5.98. The second-order valence-electron chi connectivity index (χ2n) is 5.45. The van der Waals surface area contributed by atoms with Crippen molar-refractivity contribution in [2.75, 3.05) is 26.7 Å². The Morgan fingerprint density at radius 2 is 2.20 bits per heavy atom. The Morgan fingerprint density at radius 3 is 2.87 bits per heavy atom. The number of hydrogen-bond acceptors (Lipinski definition) is 3. The van der Waals surface area contributed by atoms with Crippen LogP contribution in [0.15, 0.2) is 0 Å². The van der Waals surface area contributed by atoms with Crippen molar-refractivity contribution in [3.8, 4) is 0 Å². The van der Waals surface area contributed by atoms with E-state index in [-0.39, 0.29) is 0 Å². The third-order valence-corrected chi connectivity index (χ3v) is 3.90. The molecule has 88 valence electrons. The zero-order valence-electron chi connectivity index (χ0n) is 9.91. The molecule has 3 heteroatoms. The molecule has 1 saturated heterocycles. The lowest BCUT2D eigenvalue weighted by molar-refractivity contribution is 0.317. The van der Waals surface area contributed by atoms with E-state index in [2.05, 4.69) is 17.3 Å². The van der Waals surface area contributed by atoms with Gasteiger partial charge in [0.1, 0.15) is 0 Å². The first-order valence-corrected chi connectivity index (χ1v) is 6.41. The standard InChI is InChI=1S/C12H25N3/c1-15-6-5-10(9-15)8-14-12-4-2-3-11(13)7-12/h10-12,14H,2-9,13H2,1H3. The number of hydrogen-bond donors (Lipinski definition) is 2. The van der Waals surface area contributed by atoms with Gasteiger partial charge in [-0.3, -0.25) is 0 Å². The van der Waals surface area contributed by atoms with Crippen molar-refractivity contribution in [1.29, 1.82) is 0 Å². The van der Waals surface area contributed by atoms with Crippen molar-refractivity contribution < 1.29 is 0 Å². The summed E-state index contributed by atoms with van der Waals surface area (Å²) in [5.74, 6) is 0.869. The fraction of sp³-hybridized carbons (Fsp3) is 1.00. The van der Waals surface area contributed by atoms with Crippen LogP contribution in [0.25, 0.3) is 0 Å². The molecular formula is C12H25N3. The molecule has 1 aliphatic carbocycles. The van der Waals surface area contributed by atoms with E-state index >= 15 is 0 Å². The predicted molar refractivity (Wildman–Crippen MR) is 63.8 cm³/mol. The van der Waals surface area contributed by atoms with Crippen molar-refractivity contribution in [1.82, 2.24) is 10.2 Å². The molecule has 3 atom stereocenters. The van der Waals surface area contributed by atoms with E-state index in [1.165, 1.54) is 51.7 Å². The smallest absolute Gasteiger partial charge is 0.00819 e. The largest absolute Gasteiger partial charge is 0.328 e. The van der Waals surface area contributed by atoms with Gasteiger partial charge in [-0.1, -0.05) is 6.42 Å². The zero-order valence-corrected chi connectivity index (χ0v) is 9.91. The van der Waals surface area contributed by atoms with Crippen molar-refractivity contribution in [2.45, 2.75) is 44.2 Å². The molecule has 0 aromatic rings. The summed E-state index contributed by atoms with van der Waals surface area (Å²) >= 11 is 0. The van der Waals surface area contributed by atoms with E-state index in [1.54, 1.807) is 0 Å². The molecule has 0 aromatic carbocycles. The Hall–Kier alpha value is -0.120. The molecule has 2 fully saturated rings. The fourth-order valence-corrected chi connectivity index (χ4v) is 2.94. The van der Waals surface area contributed by atoms with Crippen molar-refractivity contribution in [3.05, 3.63) is 0 Å². The first-order valence-electron chi connectivity index (χ1n) is 6.41. The minimum atomic E-state index is 0.447. The van der Waals surface area contributed by atoms with Gasteiger partial charge < -0.3 is 16.0 Å². The van der Waals surface area contributed by atoms with E-state index < -0.39 is 0 Å². The van der Waals surface area contributed by atoms with Gasteiger partial charge in [0.15, 0.2) is 0 Å². The molecule has 0 aromatic heterocycles. The van der Waals surface area contributed by atoms with E-state index in [9.17, 15) is 0 Å². The van der Waals surface area contributed by atoms with E-state index in [1.807, 2.05) is 0 Å². The molecule has 0 amide bonds. The van der Waals surface area contributed by atoms with Crippen LogP contribution in [0.4, 0.5) is 0 Å². The van der Waals surface area contributed by atoms with Crippen LogP contribution in [0.1, 0.15) is 32.1 Å². The quantitative estimate of drug-likeness (QED) is 0.725. The van der Waals surface area contributed by atoms with Crippen LogP contribution in [-0.4, -0.2) is 43.7 Å². The first-order chi connectivity index (χ1) is 7.24. The van der Waals surface area contributed by atoms with Gasteiger partial charge in [-0.2, -0.15) is 0 Å². The Kier molecular flexibility index (Phi) is 4.00. The molecule has 0 bridgehead atoms. The van der Waals surface area contributed by atoms with Gasteiger partial charge in [-0.25, -0.2) is 0 Å². The highest BCUT2D eigenvalue weighted by Crippen LogP contribution is 2.18. The summed E-state index contributed by atoms with van der Waals surface area (Å²) in [6, 6.07) is 1.14. The molecule has 1 saturated carbocycles. The van der Waals surface area contributed by atoms with E-state index in [4.69, 9.17) is 5.73 Å². The van der Waals surface area contributed by atoms with E-state index in [0.717, 1.165) is 5.92 Å². The SMILES string of the molecule is CN1CCC(CNC2CCCC(N)C2)C1. The van der Waals surface area contributed by atoms with Crippen LogP contribution in [0, 0.1) is 5.92 Å². The molecule has 2 aliphatic rings. The third-order valence-electron chi connectivity index (χ3n) is 3.90. The number of nitrogens with zero attached hydrogens (tertiary/aromatic N) is 1. The van der Waals surface area contributed by atoms with Crippen molar-refractivity contribution in [2.24, 2.45) is 11.7 Å². The fourth-order valence-electron chi connectivity index (χ4n) is 2.94. The van der Waals surface area contributed by atoms with Gasteiger partial charge in [0.05, 0.1) is 0 Å². The zero-order chi connectivity index (χ0) is 10.7. The van der Waals surface area contributed by atoms with Crippen LogP contribution in [0.5, 0.6) is 0 Å². The molecule has 3 N–H and O–H groups in total. The van der Waals surface area contributed by atoms with Crippen molar-refractivity contribution in [3.63, 3.8) is 0 Å². The van der Waals surface area contributed by atoms with Gasteiger partial charge in [0.2, 0.25) is 0 Å². The average molecular weight is 211 g/mol. The monoisotopic (exact) mass is 211 g/mol. The Labute approximate surface area is 93.4 Å². The number of nitrogens with two attached hydrogens (primary N) is 1.